The number of furan rings is 1. The van der Waals surface area contributed by atoms with E-state index in [0.29, 0.717) is 33.7 Å². The minimum atomic E-state index is 0.375. The van der Waals surface area contributed by atoms with E-state index in [-0.39, 0.29) is 0 Å². The van der Waals surface area contributed by atoms with Crippen LogP contribution in [0.25, 0.3) is 11.3 Å². The first-order valence-corrected chi connectivity index (χ1v) is 11.3. The Morgan fingerprint density at radius 1 is 1.19 bits per heavy atom. The monoisotopic (exact) mass is 475 g/mol. The van der Waals surface area contributed by atoms with Gasteiger partial charge in [-0.2, -0.15) is 4.98 Å². The van der Waals surface area contributed by atoms with Gasteiger partial charge in [0.25, 0.3) is 0 Å². The van der Waals surface area contributed by atoms with Gasteiger partial charge in [0.2, 0.25) is 5.95 Å². The number of piperidine rings is 1. The molecule has 0 spiro atoms. The normalized spacial score (nSPS) is 16.2. The average molecular weight is 476 g/mol. The standard InChI is InChI=1S/C22H23Cl2N5OS/c1-14-3-2-10-29(13-14)20-11-19(24)26-21(27-20)28-22(31)25-12-17-8-9-18(30-17)15-4-6-16(23)7-5-15/h4-9,11,14H,2-3,10,12-13H2,1H3,(H2,25,26,27,28,31)/t14-/m1/s1. The minimum Gasteiger partial charge on any atom is -0.459 e. The van der Waals surface area contributed by atoms with Gasteiger partial charge in [0.15, 0.2) is 5.11 Å². The van der Waals surface area contributed by atoms with E-state index in [9.17, 15) is 0 Å². The van der Waals surface area contributed by atoms with Gasteiger partial charge in [0.05, 0.1) is 6.54 Å². The molecule has 1 fully saturated rings. The van der Waals surface area contributed by atoms with Crippen molar-refractivity contribution < 1.29 is 4.42 Å². The molecule has 1 aliphatic heterocycles. The Hall–Kier alpha value is -2.35. The van der Waals surface area contributed by atoms with Crippen LogP contribution in [-0.2, 0) is 6.54 Å². The molecule has 0 radical (unpaired) electrons. The summed E-state index contributed by atoms with van der Waals surface area (Å²) in [5.74, 6) is 3.35. The van der Waals surface area contributed by atoms with Crippen LogP contribution >= 0.6 is 35.4 Å². The SMILES string of the molecule is C[C@@H]1CCCN(c2cc(Cl)nc(NC(=S)NCc3ccc(-c4ccc(Cl)cc4)o3)n2)C1. The number of nitrogens with one attached hydrogen (secondary N) is 2. The van der Waals surface area contributed by atoms with Gasteiger partial charge in [-0.3, -0.25) is 0 Å². The molecule has 1 aliphatic rings. The Morgan fingerprint density at radius 2 is 2.00 bits per heavy atom. The van der Waals surface area contributed by atoms with Gasteiger partial charge in [-0.15, -0.1) is 0 Å². The van der Waals surface area contributed by atoms with Crippen molar-refractivity contribution in [3.05, 3.63) is 58.4 Å². The first-order valence-electron chi connectivity index (χ1n) is 10.2. The van der Waals surface area contributed by atoms with Crippen LogP contribution in [-0.4, -0.2) is 28.2 Å². The summed E-state index contributed by atoms with van der Waals surface area (Å²) in [4.78, 5) is 11.1. The third-order valence-corrected chi connectivity index (χ3v) is 5.79. The summed E-state index contributed by atoms with van der Waals surface area (Å²) >= 11 is 17.6. The van der Waals surface area contributed by atoms with Crippen molar-refractivity contribution in [2.45, 2.75) is 26.3 Å². The highest BCUT2D eigenvalue weighted by atomic mass is 35.5. The summed E-state index contributed by atoms with van der Waals surface area (Å²) in [6.45, 7) is 4.61. The van der Waals surface area contributed by atoms with E-state index in [4.69, 9.17) is 39.8 Å². The average Bonchev–Trinajstić information content (AvgIpc) is 3.21. The van der Waals surface area contributed by atoms with E-state index in [2.05, 4.69) is 32.4 Å². The molecule has 3 heterocycles. The second-order valence-corrected chi connectivity index (χ2v) is 8.88. The van der Waals surface area contributed by atoms with Crippen LogP contribution in [0.15, 0.2) is 46.9 Å². The topological polar surface area (TPSA) is 66.2 Å². The lowest BCUT2D eigenvalue weighted by Gasteiger charge is -2.32. The molecule has 1 atom stereocenters. The number of halogens is 2. The minimum absolute atomic E-state index is 0.375. The highest BCUT2D eigenvalue weighted by Crippen LogP contribution is 2.25. The zero-order valence-corrected chi connectivity index (χ0v) is 19.4. The fourth-order valence-electron chi connectivity index (χ4n) is 3.58. The third-order valence-electron chi connectivity index (χ3n) is 5.10. The fourth-order valence-corrected chi connectivity index (χ4v) is 4.04. The number of hydrogen-bond donors (Lipinski definition) is 2. The maximum Gasteiger partial charge on any atom is 0.232 e. The molecule has 31 heavy (non-hydrogen) atoms. The molecule has 4 rings (SSSR count). The molecule has 0 unspecified atom stereocenters. The van der Waals surface area contributed by atoms with Gasteiger partial charge in [-0.1, -0.05) is 30.1 Å². The molecule has 0 aliphatic carbocycles. The van der Waals surface area contributed by atoms with Gasteiger partial charge in [-0.25, -0.2) is 4.98 Å². The Bertz CT molecular complexity index is 1060. The molecular formula is C22H23Cl2N5OS. The van der Waals surface area contributed by atoms with Crippen molar-refractivity contribution in [3.8, 4) is 11.3 Å². The van der Waals surface area contributed by atoms with Crippen LogP contribution in [0.5, 0.6) is 0 Å². The zero-order chi connectivity index (χ0) is 21.8. The van der Waals surface area contributed by atoms with Gasteiger partial charge < -0.3 is 20.0 Å². The highest BCUT2D eigenvalue weighted by Gasteiger charge is 2.19. The van der Waals surface area contributed by atoms with Crippen LogP contribution < -0.4 is 15.5 Å². The van der Waals surface area contributed by atoms with Crippen molar-refractivity contribution in [1.29, 1.82) is 0 Å². The molecule has 0 bridgehead atoms. The highest BCUT2D eigenvalue weighted by molar-refractivity contribution is 7.80. The van der Waals surface area contributed by atoms with Crippen LogP contribution in [0.3, 0.4) is 0 Å². The lowest BCUT2D eigenvalue weighted by atomic mass is 10.0. The second-order valence-electron chi connectivity index (χ2n) is 7.65. The fraction of sp³-hybridized carbons (Fsp3) is 0.318. The Balaban J connectivity index is 1.35. The van der Waals surface area contributed by atoms with Gasteiger partial charge in [-0.05, 0) is 67.4 Å². The quantitative estimate of drug-likeness (QED) is 0.358. The molecule has 0 amide bonds. The largest absolute Gasteiger partial charge is 0.459 e. The van der Waals surface area contributed by atoms with Crippen molar-refractivity contribution in [2.24, 2.45) is 5.92 Å². The summed E-state index contributed by atoms with van der Waals surface area (Å²) < 4.78 is 5.89. The van der Waals surface area contributed by atoms with Crippen LogP contribution in [0.2, 0.25) is 10.2 Å². The molecular weight excluding hydrogens is 453 g/mol. The lowest BCUT2D eigenvalue weighted by Crippen LogP contribution is -2.35. The van der Waals surface area contributed by atoms with Crippen molar-refractivity contribution in [2.75, 3.05) is 23.3 Å². The molecule has 1 aromatic carbocycles. The summed E-state index contributed by atoms with van der Waals surface area (Å²) in [5, 5.41) is 7.60. The van der Waals surface area contributed by atoms with Crippen LogP contribution in [0, 0.1) is 5.92 Å². The molecule has 2 aromatic heterocycles. The summed E-state index contributed by atoms with van der Waals surface area (Å²) in [6.07, 6.45) is 2.38. The van der Waals surface area contributed by atoms with E-state index in [0.717, 1.165) is 42.4 Å². The number of rotatable bonds is 5. The Kier molecular flexibility index (Phi) is 6.95. The first-order chi connectivity index (χ1) is 15.0. The molecule has 1 saturated heterocycles. The van der Waals surface area contributed by atoms with Gasteiger partial charge in [0.1, 0.15) is 22.5 Å². The van der Waals surface area contributed by atoms with E-state index in [1.54, 1.807) is 6.07 Å². The number of anilines is 2. The number of aromatic nitrogens is 2. The van der Waals surface area contributed by atoms with E-state index >= 15 is 0 Å². The predicted molar refractivity (Wildman–Crippen MR) is 130 cm³/mol. The molecule has 2 N–H and O–H groups in total. The van der Waals surface area contributed by atoms with E-state index in [1.165, 1.54) is 6.42 Å². The Labute approximate surface area is 197 Å². The van der Waals surface area contributed by atoms with Gasteiger partial charge in [0, 0.05) is 29.7 Å². The van der Waals surface area contributed by atoms with Crippen molar-refractivity contribution in [1.82, 2.24) is 15.3 Å². The van der Waals surface area contributed by atoms with Crippen LogP contribution in [0.1, 0.15) is 25.5 Å². The van der Waals surface area contributed by atoms with Crippen molar-refractivity contribution in [3.63, 3.8) is 0 Å². The third kappa shape index (κ3) is 5.87. The second kappa shape index (κ2) is 9.85. The van der Waals surface area contributed by atoms with E-state index in [1.807, 2.05) is 36.4 Å². The molecule has 3 aromatic rings. The first kappa shape index (κ1) is 21.9. The van der Waals surface area contributed by atoms with Crippen LogP contribution in [0.4, 0.5) is 11.8 Å². The smallest absolute Gasteiger partial charge is 0.232 e. The molecule has 9 heteroatoms. The number of hydrogen-bond acceptors (Lipinski definition) is 5. The molecule has 6 nitrogen and oxygen atoms in total. The van der Waals surface area contributed by atoms with E-state index < -0.39 is 0 Å². The number of nitrogens with zero attached hydrogens (tertiary/aromatic N) is 3. The number of benzene rings is 1. The number of thiocarbonyl (C=S) groups is 1. The van der Waals surface area contributed by atoms with Gasteiger partial charge >= 0.3 is 0 Å². The maximum atomic E-state index is 6.23. The Morgan fingerprint density at radius 3 is 2.77 bits per heavy atom. The summed E-state index contributed by atoms with van der Waals surface area (Å²) in [7, 11) is 0. The summed E-state index contributed by atoms with van der Waals surface area (Å²) in [6, 6.07) is 13.1. The maximum absolute atomic E-state index is 6.23. The summed E-state index contributed by atoms with van der Waals surface area (Å²) in [5.41, 5.74) is 0.961. The predicted octanol–water partition coefficient (Wildman–Crippen LogP) is 5.77. The zero-order valence-electron chi connectivity index (χ0n) is 17.1. The van der Waals surface area contributed by atoms with Crippen molar-refractivity contribution >= 4 is 52.3 Å². The molecule has 0 saturated carbocycles. The molecule has 162 valence electrons. The lowest BCUT2D eigenvalue weighted by molar-refractivity contribution is 0.444.